The van der Waals surface area contributed by atoms with Gasteiger partial charge < -0.3 is 34.5 Å². The molecule has 3 N–H and O–H groups in total. The Morgan fingerprint density at radius 3 is 2.02 bits per heavy atom. The molecule has 0 bridgehead atoms. The Morgan fingerprint density at radius 2 is 1.43 bits per heavy atom. The highest BCUT2D eigenvalue weighted by Gasteiger charge is 2.50. The van der Waals surface area contributed by atoms with Crippen LogP contribution in [0.1, 0.15) is 45.6 Å². The highest BCUT2D eigenvalue weighted by molar-refractivity contribution is 6.99. The smallest absolute Gasteiger partial charge is 0.407 e. The predicted molar refractivity (Wildman–Crippen MR) is 214 cm³/mol. The van der Waals surface area contributed by atoms with Crippen molar-refractivity contribution >= 4 is 36.8 Å². The number of carbonyl (C=O) groups excluding carboxylic acids is 2. The predicted octanol–water partition coefficient (Wildman–Crippen LogP) is 6.23. The number of amides is 3. The van der Waals surface area contributed by atoms with Gasteiger partial charge in [-0.2, -0.15) is 0 Å². The van der Waals surface area contributed by atoms with Crippen LogP contribution in [0.15, 0.2) is 115 Å². The maximum atomic E-state index is 13.3. The number of carboxylic acid groups (broad SMARTS) is 1. The summed E-state index contributed by atoms with van der Waals surface area (Å²) < 4.78 is 18.4. The summed E-state index contributed by atoms with van der Waals surface area (Å²) in [5, 5.41) is 17.7. The van der Waals surface area contributed by atoms with Crippen molar-refractivity contribution in [3.05, 3.63) is 121 Å². The summed E-state index contributed by atoms with van der Waals surface area (Å²) >= 11 is 0. The first kappa shape index (κ1) is 40.2. The fourth-order valence-electron chi connectivity index (χ4n) is 7.30. The van der Waals surface area contributed by atoms with Crippen LogP contribution < -0.4 is 21.0 Å². The van der Waals surface area contributed by atoms with Gasteiger partial charge in [-0.3, -0.25) is 4.79 Å². The lowest BCUT2D eigenvalue weighted by Gasteiger charge is -2.45. The maximum Gasteiger partial charge on any atom is 0.407 e. The summed E-state index contributed by atoms with van der Waals surface area (Å²) in [5.41, 5.74) is 2.99. The molecule has 54 heavy (non-hydrogen) atoms. The number of hydrogen-bond acceptors (Lipinski definition) is 6. The van der Waals surface area contributed by atoms with Crippen molar-refractivity contribution in [3.63, 3.8) is 0 Å². The van der Waals surface area contributed by atoms with E-state index >= 15 is 0 Å². The first-order valence-electron chi connectivity index (χ1n) is 18.6. The van der Waals surface area contributed by atoms with Crippen LogP contribution in [-0.4, -0.2) is 88.0 Å². The molecule has 11 heteroatoms. The van der Waals surface area contributed by atoms with Crippen molar-refractivity contribution in [1.29, 1.82) is 0 Å². The number of nitrogens with one attached hydrogen (secondary N) is 2. The zero-order valence-corrected chi connectivity index (χ0v) is 32.7. The first-order chi connectivity index (χ1) is 26.0. The molecule has 286 valence electrons. The Labute approximate surface area is 320 Å². The lowest BCUT2D eigenvalue weighted by Crippen LogP contribution is -2.67. The monoisotopic (exact) mass is 751 g/mol. The number of nitrogens with zero attached hydrogens (tertiary/aromatic N) is 1. The number of hydrogen-bond donors (Lipinski definition) is 3. The molecule has 1 unspecified atom stereocenters. The van der Waals surface area contributed by atoms with E-state index in [1.54, 1.807) is 0 Å². The zero-order valence-electron chi connectivity index (χ0n) is 31.7. The Balaban J connectivity index is 1.18. The van der Waals surface area contributed by atoms with E-state index in [4.69, 9.17) is 13.9 Å². The molecule has 3 atom stereocenters. The van der Waals surface area contributed by atoms with E-state index in [1.165, 1.54) is 12.0 Å². The van der Waals surface area contributed by atoms with Crippen LogP contribution in [0, 0.1) is 0 Å². The molecular formula is C43H53N3O7Si. The van der Waals surface area contributed by atoms with E-state index in [9.17, 15) is 19.5 Å². The Hall–Kier alpha value is -4.97. The Bertz CT molecular complexity index is 1760. The number of rotatable bonds is 15. The van der Waals surface area contributed by atoms with Gasteiger partial charge in [0.1, 0.15) is 6.04 Å². The highest BCUT2D eigenvalue weighted by Crippen LogP contribution is 2.37. The number of alkyl carbamates (subject to hydrolysis) is 1. The number of unbranched alkanes of at least 4 members (excludes halogenated alkanes) is 1. The van der Waals surface area contributed by atoms with Crippen LogP contribution in [0.25, 0.3) is 11.1 Å². The molecule has 1 fully saturated rings. The maximum absolute atomic E-state index is 13.3. The Morgan fingerprint density at radius 1 is 0.833 bits per heavy atom. The quantitative estimate of drug-likeness (QED) is 0.0972. The van der Waals surface area contributed by atoms with Gasteiger partial charge >= 0.3 is 12.2 Å². The van der Waals surface area contributed by atoms with Crippen LogP contribution in [0.3, 0.4) is 0 Å². The summed E-state index contributed by atoms with van der Waals surface area (Å²) in [6.07, 6.45) is -0.156. The second-order valence-electron chi connectivity index (χ2n) is 14.8. The average Bonchev–Trinajstić information content (AvgIpc) is 3.18. The summed E-state index contributed by atoms with van der Waals surface area (Å²) in [6.45, 7) is 7.77. The van der Waals surface area contributed by atoms with Crippen molar-refractivity contribution < 1.29 is 33.4 Å². The zero-order chi connectivity index (χ0) is 38.6. The molecule has 1 aliphatic rings. The van der Waals surface area contributed by atoms with Crippen molar-refractivity contribution in [2.45, 2.75) is 69.7 Å². The lowest BCUT2D eigenvalue weighted by molar-refractivity contribution is -0.123. The number of methoxy groups -OCH3 is 1. The van der Waals surface area contributed by atoms with Gasteiger partial charge in [-0.25, -0.2) is 9.59 Å². The molecular weight excluding hydrogens is 699 g/mol. The molecule has 0 aromatic heterocycles. The molecule has 0 radical (unpaired) electrons. The molecule has 0 aliphatic carbocycles. The molecule has 0 saturated carbocycles. The minimum atomic E-state index is -2.84. The summed E-state index contributed by atoms with van der Waals surface area (Å²) in [4.78, 5) is 39.1. The lowest BCUT2D eigenvalue weighted by atomic mass is 9.99. The molecule has 1 heterocycles. The first-order valence-corrected chi connectivity index (χ1v) is 20.6. The largest absolute Gasteiger partial charge is 0.465 e. The Kier molecular flexibility index (Phi) is 14.1. The fraction of sp³-hybridized carbons (Fsp3) is 0.372. The number of benzene rings is 4. The molecule has 0 spiro atoms. The fourth-order valence-corrected chi connectivity index (χ4v) is 11.9. The molecule has 5 rings (SSSR count). The van der Waals surface area contributed by atoms with E-state index in [0.29, 0.717) is 32.2 Å². The number of morpholine rings is 1. The van der Waals surface area contributed by atoms with Crippen molar-refractivity contribution in [2.24, 2.45) is 0 Å². The van der Waals surface area contributed by atoms with E-state index < -0.39 is 32.6 Å². The third-order valence-corrected chi connectivity index (χ3v) is 14.9. The molecule has 1 aliphatic heterocycles. The summed E-state index contributed by atoms with van der Waals surface area (Å²) in [5.74, 6) is -0.308. The van der Waals surface area contributed by atoms with Gasteiger partial charge in [0, 0.05) is 13.0 Å². The van der Waals surface area contributed by atoms with Gasteiger partial charge in [-0.15, -0.1) is 0 Å². The van der Waals surface area contributed by atoms with E-state index in [2.05, 4.69) is 55.7 Å². The van der Waals surface area contributed by atoms with Crippen LogP contribution in [-0.2, 0) is 25.1 Å². The van der Waals surface area contributed by atoms with Gasteiger partial charge in [0.25, 0.3) is 8.32 Å². The minimum Gasteiger partial charge on any atom is -0.465 e. The highest BCUT2D eigenvalue weighted by atomic mass is 28.4. The van der Waals surface area contributed by atoms with E-state index in [0.717, 1.165) is 27.1 Å². The second kappa shape index (κ2) is 18.9. The van der Waals surface area contributed by atoms with Crippen molar-refractivity contribution in [2.75, 3.05) is 33.4 Å². The van der Waals surface area contributed by atoms with E-state index in [1.807, 2.05) is 91.0 Å². The molecule has 1 saturated heterocycles. The van der Waals surface area contributed by atoms with Crippen molar-refractivity contribution in [1.82, 2.24) is 15.5 Å². The molecule has 4 aromatic carbocycles. The van der Waals surface area contributed by atoms with Gasteiger partial charge in [0.05, 0.1) is 39.0 Å². The SMILES string of the molecule is COC(=O)N[C@@H](Cc1cccc(-c2ccccc2)c1)C(=O)NCCCCC1CN(C(=O)O)C[C@@H](CO[Si](c2ccccc2)(c2ccccc2)C(C)(C)C)O1. The average molecular weight is 752 g/mol. The van der Waals surface area contributed by atoms with Crippen LogP contribution >= 0.6 is 0 Å². The van der Waals surface area contributed by atoms with Gasteiger partial charge in [-0.1, -0.05) is 136 Å². The molecule has 3 amide bonds. The summed E-state index contributed by atoms with van der Waals surface area (Å²) in [7, 11) is -1.57. The van der Waals surface area contributed by atoms with Gasteiger partial charge in [0.2, 0.25) is 5.91 Å². The topological polar surface area (TPSA) is 126 Å². The summed E-state index contributed by atoms with van der Waals surface area (Å²) in [6, 6.07) is 37.7. The number of ether oxygens (including phenoxy) is 2. The molecule has 10 nitrogen and oxygen atoms in total. The van der Waals surface area contributed by atoms with Crippen LogP contribution in [0.5, 0.6) is 0 Å². The van der Waals surface area contributed by atoms with Gasteiger partial charge in [0.15, 0.2) is 0 Å². The second-order valence-corrected chi connectivity index (χ2v) is 19.1. The van der Waals surface area contributed by atoms with Crippen LogP contribution in [0.2, 0.25) is 5.04 Å². The third kappa shape index (κ3) is 10.4. The van der Waals surface area contributed by atoms with E-state index in [-0.39, 0.29) is 36.7 Å². The number of carbonyl (C=O) groups is 3. The van der Waals surface area contributed by atoms with Gasteiger partial charge in [-0.05, 0) is 51.4 Å². The van der Waals surface area contributed by atoms with Crippen LogP contribution in [0.4, 0.5) is 9.59 Å². The minimum absolute atomic E-state index is 0.224. The standard InChI is InChI=1S/C43H53N3O7Si/c1-43(2,3)54(37-22-10-6-11-23-37,38-24-12-7-13-25-38)52-31-36-30-46(42(49)50)29-35(53-36)21-14-15-26-44-40(47)39(45-41(48)51-4)28-32-17-16-20-34(27-32)33-18-8-5-9-19-33/h5-13,16-20,22-25,27,35-36,39H,14-15,21,26,28-31H2,1-4H3,(H,44,47)(H,45,48)(H,49,50)/t35?,36-,39-/m0/s1. The third-order valence-electron chi connectivity index (χ3n) is 9.93. The molecule has 4 aromatic rings. The van der Waals surface area contributed by atoms with Crippen molar-refractivity contribution in [3.8, 4) is 11.1 Å². The normalized spacial score (nSPS) is 16.6.